The second-order valence-corrected chi connectivity index (χ2v) is 16.1. The van der Waals surface area contributed by atoms with E-state index in [9.17, 15) is 54.9 Å². The van der Waals surface area contributed by atoms with Crippen LogP contribution < -0.4 is 14.2 Å². The van der Waals surface area contributed by atoms with Crippen LogP contribution in [-0.4, -0.2) is 80.7 Å². The number of fused-ring (bicyclic) bond motifs is 1. The number of aryl methyl sites for hydroxylation is 2. The van der Waals surface area contributed by atoms with E-state index in [1.54, 1.807) is 20.8 Å². The van der Waals surface area contributed by atoms with Crippen LogP contribution in [0.3, 0.4) is 0 Å². The number of phenolic OH excluding ortho intramolecular Hbond substituents is 6. The number of Topliss-reactive ketones (excluding diaryl/α,β-unsaturated/α-hetero) is 2. The molecule has 6 rings (SSSR count). The molecule has 1 aromatic heterocycles. The highest BCUT2D eigenvalue weighted by atomic mass is 16.5. The number of rotatable bonds is 21. The van der Waals surface area contributed by atoms with Gasteiger partial charge in [-0.3, -0.25) is 14.7 Å². The Balaban J connectivity index is 1.27. The van der Waals surface area contributed by atoms with Crippen LogP contribution in [0.5, 0.6) is 51.7 Å². The molecule has 16 nitrogen and oxygen atoms in total. The average Bonchev–Trinajstić information content (AvgIpc) is 3.80. The number of nitrogens with one attached hydrogen (secondary N) is 1. The van der Waals surface area contributed by atoms with Gasteiger partial charge in [-0.15, -0.1) is 0 Å². The Bertz CT molecular complexity index is 2800. The number of aromatic amines is 1. The summed E-state index contributed by atoms with van der Waals surface area (Å²) < 4.78 is 17.9. The van der Waals surface area contributed by atoms with Crippen molar-refractivity contribution in [3.63, 3.8) is 0 Å². The molecule has 0 aliphatic rings. The minimum Gasteiger partial charge on any atom is -0.504 e. The molecule has 0 bridgehead atoms. The van der Waals surface area contributed by atoms with Gasteiger partial charge in [0.15, 0.2) is 45.7 Å². The number of aromatic nitrogens is 2. The number of nitrogens with zero attached hydrogens (tertiary/aromatic N) is 1. The number of aromatic carboxylic acids is 1. The van der Waals surface area contributed by atoms with Crippen LogP contribution in [0.2, 0.25) is 0 Å². The van der Waals surface area contributed by atoms with Crippen LogP contribution in [0.15, 0.2) is 84.9 Å². The van der Waals surface area contributed by atoms with Gasteiger partial charge in [0.2, 0.25) is 28.8 Å². The number of ketones is 2. The standard InChI is InChI=1S/C50H52N2O14/c1-5-9-19-50(8-4,66-41-26-33(47(61)62)23-38(55)44(41)58)46(60)32-22-37(54)43(57)40(25-32)65-49(7-3,18-6-2)45(59)31-21-36(53)42(56)39(24-31)64-48(63)35-27-34(51-52-35)17-15-28-14-16-29-12-10-11-13-30(29)20-28/h10-14,16,20-27,53-58H,5-9,15,17-19H2,1-4H3,(H,51,52)(H,61,62). The predicted molar refractivity (Wildman–Crippen MR) is 242 cm³/mol. The number of esters is 1. The lowest BCUT2D eigenvalue weighted by atomic mass is 9.84. The molecule has 2 atom stereocenters. The molecule has 5 aromatic carbocycles. The number of aromatic hydroxyl groups is 6. The third-order valence-electron chi connectivity index (χ3n) is 11.6. The van der Waals surface area contributed by atoms with Crippen molar-refractivity contribution in [2.24, 2.45) is 0 Å². The summed E-state index contributed by atoms with van der Waals surface area (Å²) >= 11 is 0. The Hall–Kier alpha value is -7.75. The van der Waals surface area contributed by atoms with E-state index in [0.29, 0.717) is 37.8 Å². The van der Waals surface area contributed by atoms with Gasteiger partial charge in [-0.25, -0.2) is 9.59 Å². The molecular weight excluding hydrogens is 853 g/mol. The van der Waals surface area contributed by atoms with Gasteiger partial charge in [0.1, 0.15) is 5.69 Å². The Morgan fingerprint density at radius 2 is 1.12 bits per heavy atom. The number of carboxylic acid groups (broad SMARTS) is 1. The van der Waals surface area contributed by atoms with E-state index in [4.69, 9.17) is 14.2 Å². The van der Waals surface area contributed by atoms with Crippen molar-refractivity contribution in [2.75, 3.05) is 0 Å². The largest absolute Gasteiger partial charge is 0.504 e. The summed E-state index contributed by atoms with van der Waals surface area (Å²) in [5.41, 5.74) is -3.02. The van der Waals surface area contributed by atoms with E-state index in [1.807, 2.05) is 43.3 Å². The van der Waals surface area contributed by atoms with E-state index < -0.39 is 92.0 Å². The fourth-order valence-corrected chi connectivity index (χ4v) is 7.87. The molecule has 8 N–H and O–H groups in total. The Morgan fingerprint density at radius 1 is 0.591 bits per heavy atom. The summed E-state index contributed by atoms with van der Waals surface area (Å²) in [6.07, 6.45) is 2.37. The molecule has 1 heterocycles. The van der Waals surface area contributed by atoms with Gasteiger partial charge in [0, 0.05) is 11.1 Å². The van der Waals surface area contributed by atoms with Crippen LogP contribution in [0.4, 0.5) is 0 Å². The van der Waals surface area contributed by atoms with Crippen molar-refractivity contribution in [3.05, 3.63) is 119 Å². The average molecular weight is 905 g/mol. The maximum Gasteiger partial charge on any atom is 0.361 e. The van der Waals surface area contributed by atoms with Crippen LogP contribution in [0.25, 0.3) is 10.8 Å². The van der Waals surface area contributed by atoms with Gasteiger partial charge < -0.3 is 50.0 Å². The Labute approximate surface area is 379 Å². The predicted octanol–water partition coefficient (Wildman–Crippen LogP) is 9.31. The van der Waals surface area contributed by atoms with Gasteiger partial charge in [-0.1, -0.05) is 83.0 Å². The molecule has 6 aromatic rings. The summed E-state index contributed by atoms with van der Waals surface area (Å²) in [6, 6.07) is 21.5. The highest BCUT2D eigenvalue weighted by Gasteiger charge is 2.43. The van der Waals surface area contributed by atoms with Gasteiger partial charge in [0.25, 0.3) is 0 Å². The molecule has 2 unspecified atom stereocenters. The third kappa shape index (κ3) is 9.97. The lowest BCUT2D eigenvalue weighted by Gasteiger charge is -2.34. The molecule has 0 fully saturated rings. The molecular formula is C50H52N2O14. The highest BCUT2D eigenvalue weighted by molar-refractivity contribution is 6.05. The number of ether oxygens (including phenoxy) is 3. The summed E-state index contributed by atoms with van der Waals surface area (Å²) in [7, 11) is 0. The van der Waals surface area contributed by atoms with Gasteiger partial charge in [-0.05, 0) is 104 Å². The molecule has 0 saturated heterocycles. The number of phenols is 6. The number of carbonyl (C=O) groups is 4. The van der Waals surface area contributed by atoms with Crippen LogP contribution in [0.1, 0.15) is 125 Å². The summed E-state index contributed by atoms with van der Waals surface area (Å²) in [4.78, 5) is 54.3. The van der Waals surface area contributed by atoms with Gasteiger partial charge >= 0.3 is 11.9 Å². The number of hydrogen-bond donors (Lipinski definition) is 8. The molecule has 0 aliphatic carbocycles. The van der Waals surface area contributed by atoms with Crippen LogP contribution in [-0.2, 0) is 12.8 Å². The van der Waals surface area contributed by atoms with Crippen LogP contribution in [0, 0.1) is 0 Å². The number of unbranched alkanes of at least 4 members (excludes halogenated alkanes) is 1. The lowest BCUT2D eigenvalue weighted by Crippen LogP contribution is -2.45. The van der Waals surface area contributed by atoms with Crippen molar-refractivity contribution in [3.8, 4) is 51.7 Å². The second-order valence-electron chi connectivity index (χ2n) is 16.1. The first-order chi connectivity index (χ1) is 31.5. The zero-order valence-corrected chi connectivity index (χ0v) is 36.9. The van der Waals surface area contributed by atoms with Crippen molar-refractivity contribution in [1.29, 1.82) is 0 Å². The molecule has 16 heteroatoms. The molecule has 66 heavy (non-hydrogen) atoms. The highest BCUT2D eigenvalue weighted by Crippen LogP contribution is 2.45. The first-order valence-electron chi connectivity index (χ1n) is 21.6. The van der Waals surface area contributed by atoms with Gasteiger partial charge in [-0.2, -0.15) is 5.10 Å². The summed E-state index contributed by atoms with van der Waals surface area (Å²) in [5, 5.41) is 83.4. The van der Waals surface area contributed by atoms with Crippen molar-refractivity contribution >= 4 is 34.3 Å². The zero-order valence-electron chi connectivity index (χ0n) is 36.9. The first-order valence-corrected chi connectivity index (χ1v) is 21.6. The second kappa shape index (κ2) is 20.0. The molecule has 346 valence electrons. The quantitative estimate of drug-likeness (QED) is 0.0145. The van der Waals surface area contributed by atoms with E-state index in [0.717, 1.165) is 52.7 Å². The van der Waals surface area contributed by atoms with Crippen molar-refractivity contribution in [2.45, 2.75) is 96.7 Å². The number of benzene rings is 5. The topological polar surface area (TPSA) is 266 Å². The first kappa shape index (κ1) is 47.7. The number of H-pyrrole nitrogens is 1. The maximum absolute atomic E-state index is 14.6. The number of hydrogen-bond acceptors (Lipinski definition) is 14. The summed E-state index contributed by atoms with van der Waals surface area (Å²) in [5.74, 6) is -10.3. The van der Waals surface area contributed by atoms with Crippen molar-refractivity contribution < 1.29 is 69.1 Å². The lowest BCUT2D eigenvalue weighted by molar-refractivity contribution is 0.0350. The van der Waals surface area contributed by atoms with Gasteiger partial charge in [0.05, 0.1) is 11.3 Å². The molecule has 0 aliphatic heterocycles. The van der Waals surface area contributed by atoms with E-state index in [-0.39, 0.29) is 42.5 Å². The Morgan fingerprint density at radius 3 is 1.68 bits per heavy atom. The summed E-state index contributed by atoms with van der Waals surface area (Å²) in [6.45, 7) is 6.85. The normalized spacial score (nSPS) is 13.1. The molecule has 0 amide bonds. The van der Waals surface area contributed by atoms with Crippen molar-refractivity contribution in [1.82, 2.24) is 10.2 Å². The SMILES string of the molecule is CCCCC(CC)(Oc1cc(C(=O)O)cc(O)c1O)C(=O)c1cc(O)c(O)c(OC(CC)(CCC)C(=O)c2cc(O)c(O)c(OC(=O)c3cc(CCc4ccc5ccccc5c4)n[nH]3)c2)c1. The smallest absolute Gasteiger partial charge is 0.361 e. The minimum atomic E-state index is -1.85. The van der Waals surface area contributed by atoms with E-state index >= 15 is 0 Å². The molecule has 0 spiro atoms. The monoisotopic (exact) mass is 904 g/mol. The zero-order chi connectivity index (χ0) is 47.9. The fourth-order valence-electron chi connectivity index (χ4n) is 7.87. The minimum absolute atomic E-state index is 0.00517. The number of carboxylic acids is 1. The Kier molecular flexibility index (Phi) is 14.4. The number of carbonyl (C=O) groups excluding carboxylic acids is 3. The fraction of sp³-hybridized carbons (Fsp3) is 0.300. The maximum atomic E-state index is 14.6. The third-order valence-corrected chi connectivity index (χ3v) is 11.6. The van der Waals surface area contributed by atoms with E-state index in [2.05, 4.69) is 16.3 Å². The van der Waals surface area contributed by atoms with E-state index in [1.165, 1.54) is 6.07 Å². The van der Waals surface area contributed by atoms with Crippen LogP contribution >= 0.6 is 0 Å². The molecule has 0 saturated carbocycles. The molecule has 0 radical (unpaired) electrons.